The van der Waals surface area contributed by atoms with Crippen molar-refractivity contribution in [3.63, 3.8) is 0 Å². The molecule has 2 heterocycles. The van der Waals surface area contributed by atoms with Crippen molar-refractivity contribution >= 4 is 17.2 Å². The van der Waals surface area contributed by atoms with Gasteiger partial charge in [-0.25, -0.2) is 8.78 Å². The molecule has 4 rings (SSSR count). The lowest BCUT2D eigenvalue weighted by atomic mass is 10.2. The Kier molecular flexibility index (Phi) is 6.40. The summed E-state index contributed by atoms with van der Waals surface area (Å²) in [5.41, 5.74) is 1.83. The summed E-state index contributed by atoms with van der Waals surface area (Å²) in [6.45, 7) is 3.75. The van der Waals surface area contributed by atoms with Crippen LogP contribution in [0, 0.1) is 11.6 Å². The van der Waals surface area contributed by atoms with Gasteiger partial charge in [0.1, 0.15) is 24.0 Å². The third-order valence-electron chi connectivity index (χ3n) is 5.02. The van der Waals surface area contributed by atoms with Crippen LogP contribution in [-0.2, 0) is 13.2 Å². The van der Waals surface area contributed by atoms with E-state index in [0.29, 0.717) is 30.3 Å². The highest BCUT2D eigenvalue weighted by molar-refractivity contribution is 7.12. The van der Waals surface area contributed by atoms with Crippen LogP contribution in [0.1, 0.15) is 20.8 Å². The molecule has 1 amide bonds. The van der Waals surface area contributed by atoms with E-state index in [4.69, 9.17) is 4.74 Å². The van der Waals surface area contributed by atoms with E-state index in [2.05, 4.69) is 4.90 Å². The first-order valence-electron chi connectivity index (χ1n) is 9.79. The van der Waals surface area contributed by atoms with Gasteiger partial charge in [0.05, 0.1) is 4.88 Å². The molecule has 0 aliphatic carbocycles. The molecule has 0 atom stereocenters. The van der Waals surface area contributed by atoms with E-state index < -0.39 is 0 Å². The second-order valence-electron chi connectivity index (χ2n) is 7.26. The fraction of sp³-hybridized carbons (Fsp3) is 0.261. The van der Waals surface area contributed by atoms with Gasteiger partial charge in [-0.15, -0.1) is 11.3 Å². The Morgan fingerprint density at radius 3 is 2.40 bits per heavy atom. The summed E-state index contributed by atoms with van der Waals surface area (Å²) in [5.74, 6) is -0.0904. The van der Waals surface area contributed by atoms with Gasteiger partial charge in [-0.2, -0.15) is 0 Å². The molecular weight excluding hydrogens is 406 g/mol. The van der Waals surface area contributed by atoms with Crippen LogP contribution in [0.5, 0.6) is 5.75 Å². The monoisotopic (exact) mass is 428 g/mol. The van der Waals surface area contributed by atoms with E-state index in [1.54, 1.807) is 24.3 Å². The van der Waals surface area contributed by atoms with Crippen molar-refractivity contribution in [2.75, 3.05) is 26.2 Å². The summed E-state index contributed by atoms with van der Waals surface area (Å²) in [5, 5.41) is 1.90. The molecule has 1 aliphatic rings. The quantitative estimate of drug-likeness (QED) is 0.577. The van der Waals surface area contributed by atoms with Gasteiger partial charge < -0.3 is 9.64 Å². The lowest BCUT2D eigenvalue weighted by molar-refractivity contribution is 0.0633. The smallest absolute Gasteiger partial charge is 0.264 e. The maximum Gasteiger partial charge on any atom is 0.264 e. The largest absolute Gasteiger partial charge is 0.489 e. The molecule has 2 aromatic carbocycles. The van der Waals surface area contributed by atoms with E-state index in [1.807, 2.05) is 22.4 Å². The van der Waals surface area contributed by atoms with Gasteiger partial charge in [-0.1, -0.05) is 18.2 Å². The van der Waals surface area contributed by atoms with Crippen molar-refractivity contribution in [1.82, 2.24) is 9.80 Å². The number of piperazine rings is 1. The Hall–Kier alpha value is -2.77. The molecule has 0 unspecified atom stereocenters. The van der Waals surface area contributed by atoms with Crippen LogP contribution < -0.4 is 4.74 Å². The average Bonchev–Trinajstić information content (AvgIpc) is 3.22. The maximum absolute atomic E-state index is 13.4. The minimum absolute atomic E-state index is 0.0161. The highest BCUT2D eigenvalue weighted by atomic mass is 32.1. The van der Waals surface area contributed by atoms with Gasteiger partial charge in [0, 0.05) is 44.4 Å². The molecule has 1 aromatic heterocycles. The van der Waals surface area contributed by atoms with Crippen LogP contribution >= 0.6 is 11.3 Å². The van der Waals surface area contributed by atoms with Crippen molar-refractivity contribution in [2.24, 2.45) is 0 Å². The number of thiophene rings is 1. The first-order chi connectivity index (χ1) is 14.6. The van der Waals surface area contributed by atoms with E-state index in [1.165, 1.54) is 29.5 Å². The van der Waals surface area contributed by atoms with Crippen molar-refractivity contribution in [3.8, 4) is 5.75 Å². The molecule has 1 fully saturated rings. The molecule has 7 heteroatoms. The number of hydrogen-bond donors (Lipinski definition) is 0. The first kappa shape index (κ1) is 20.5. The molecule has 0 N–H and O–H groups in total. The minimum atomic E-state index is -0.342. The van der Waals surface area contributed by atoms with Gasteiger partial charge in [-0.05, 0) is 41.3 Å². The molecule has 156 valence electrons. The number of halogens is 2. The Bertz CT molecular complexity index is 1020. The molecule has 3 aromatic rings. The summed E-state index contributed by atoms with van der Waals surface area (Å²) in [7, 11) is 0. The highest BCUT2D eigenvalue weighted by Crippen LogP contribution is 2.21. The molecule has 0 saturated carbocycles. The molecule has 1 saturated heterocycles. The Labute approximate surface area is 178 Å². The fourth-order valence-electron chi connectivity index (χ4n) is 3.45. The van der Waals surface area contributed by atoms with Crippen molar-refractivity contribution in [1.29, 1.82) is 0 Å². The second-order valence-corrected chi connectivity index (χ2v) is 8.17. The van der Waals surface area contributed by atoms with E-state index >= 15 is 0 Å². The molecule has 30 heavy (non-hydrogen) atoms. The average molecular weight is 429 g/mol. The number of rotatable bonds is 6. The number of carbonyl (C=O) groups excluding carboxylic acids is 1. The standard InChI is InChI=1S/C23H22F2N2O2S/c24-19-4-1-3-17(11-19)14-26-7-9-27(10-8-26)23(28)22-12-18(16-30-22)15-29-21-6-2-5-20(25)13-21/h1-6,11-13,16H,7-10,14-15H2. The second kappa shape index (κ2) is 9.36. The predicted octanol–water partition coefficient (Wildman–Crippen LogP) is 4.56. The Morgan fingerprint density at radius 2 is 1.67 bits per heavy atom. The SMILES string of the molecule is O=C(c1cc(COc2cccc(F)c2)cs1)N1CCN(Cc2cccc(F)c2)CC1. The molecule has 0 radical (unpaired) electrons. The topological polar surface area (TPSA) is 32.8 Å². The number of hydrogen-bond acceptors (Lipinski definition) is 4. The number of carbonyl (C=O) groups is 1. The molecule has 0 spiro atoms. The lowest BCUT2D eigenvalue weighted by Gasteiger charge is -2.34. The van der Waals surface area contributed by atoms with Crippen LogP contribution in [0.4, 0.5) is 8.78 Å². The maximum atomic E-state index is 13.4. The van der Waals surface area contributed by atoms with Gasteiger partial charge >= 0.3 is 0 Å². The Balaban J connectivity index is 1.28. The molecule has 0 bridgehead atoms. The van der Waals surface area contributed by atoms with Gasteiger partial charge in [0.2, 0.25) is 0 Å². The molecule has 1 aliphatic heterocycles. The Morgan fingerprint density at radius 1 is 0.933 bits per heavy atom. The number of ether oxygens (including phenoxy) is 1. The summed E-state index contributed by atoms with van der Waals surface area (Å²) >= 11 is 1.39. The van der Waals surface area contributed by atoms with Gasteiger partial charge in [-0.3, -0.25) is 9.69 Å². The van der Waals surface area contributed by atoms with Crippen LogP contribution in [0.25, 0.3) is 0 Å². The zero-order valence-electron chi connectivity index (χ0n) is 16.4. The van der Waals surface area contributed by atoms with Crippen LogP contribution in [0.15, 0.2) is 60.0 Å². The lowest BCUT2D eigenvalue weighted by Crippen LogP contribution is -2.48. The summed E-state index contributed by atoms with van der Waals surface area (Å²) in [6.07, 6.45) is 0. The van der Waals surface area contributed by atoms with Crippen molar-refractivity contribution < 1.29 is 18.3 Å². The number of amides is 1. The highest BCUT2D eigenvalue weighted by Gasteiger charge is 2.23. The summed E-state index contributed by atoms with van der Waals surface area (Å²) < 4.78 is 32.2. The molecular formula is C23H22F2N2O2S. The van der Waals surface area contributed by atoms with E-state index in [-0.39, 0.29) is 24.1 Å². The van der Waals surface area contributed by atoms with Crippen molar-refractivity contribution in [3.05, 3.63) is 87.6 Å². The third kappa shape index (κ3) is 5.23. The van der Waals surface area contributed by atoms with Gasteiger partial charge in [0.25, 0.3) is 5.91 Å². The molecule has 4 nitrogen and oxygen atoms in total. The normalized spacial score (nSPS) is 14.7. The van der Waals surface area contributed by atoms with E-state index in [9.17, 15) is 13.6 Å². The first-order valence-corrected chi connectivity index (χ1v) is 10.7. The summed E-state index contributed by atoms with van der Waals surface area (Å²) in [6, 6.07) is 14.5. The third-order valence-corrected chi connectivity index (χ3v) is 5.99. The van der Waals surface area contributed by atoms with Gasteiger partial charge in [0.15, 0.2) is 0 Å². The van der Waals surface area contributed by atoms with E-state index in [0.717, 1.165) is 24.2 Å². The van der Waals surface area contributed by atoms with Crippen LogP contribution in [-0.4, -0.2) is 41.9 Å². The fourth-order valence-corrected chi connectivity index (χ4v) is 4.31. The summed E-state index contributed by atoms with van der Waals surface area (Å²) in [4.78, 5) is 17.6. The van der Waals surface area contributed by atoms with Crippen molar-refractivity contribution in [2.45, 2.75) is 13.2 Å². The number of nitrogens with zero attached hydrogens (tertiary/aromatic N) is 2. The number of benzene rings is 2. The zero-order valence-corrected chi connectivity index (χ0v) is 17.2. The minimum Gasteiger partial charge on any atom is -0.489 e. The predicted molar refractivity (Wildman–Crippen MR) is 113 cm³/mol. The zero-order chi connectivity index (χ0) is 20.9. The van der Waals surface area contributed by atoms with Crippen LogP contribution in [0.2, 0.25) is 0 Å². The van der Waals surface area contributed by atoms with Crippen LogP contribution in [0.3, 0.4) is 0 Å².